The molecule has 2 aromatic carbocycles. The minimum absolute atomic E-state index is 0.204. The van der Waals surface area contributed by atoms with Gasteiger partial charge in [0.15, 0.2) is 0 Å². The normalized spacial score (nSPS) is 16.8. The van der Waals surface area contributed by atoms with Gasteiger partial charge in [0.2, 0.25) is 0 Å². The lowest BCUT2D eigenvalue weighted by Crippen LogP contribution is -2.34. The molecule has 0 saturated carbocycles. The van der Waals surface area contributed by atoms with Gasteiger partial charge < -0.3 is 19.3 Å². The van der Waals surface area contributed by atoms with Gasteiger partial charge in [-0.25, -0.2) is 9.59 Å². The summed E-state index contributed by atoms with van der Waals surface area (Å²) in [5.41, 5.74) is 2.02. The minimum Gasteiger partial charge on any atom is -0.445 e. The number of hydrogen-bond donors (Lipinski definition) is 0. The van der Waals surface area contributed by atoms with E-state index in [1.807, 2.05) is 70.5 Å². The molecule has 6 heteroatoms. The van der Waals surface area contributed by atoms with E-state index in [1.54, 1.807) is 0 Å². The molecule has 0 aromatic heterocycles. The molecule has 1 heterocycles. The summed E-state index contributed by atoms with van der Waals surface area (Å²) in [4.78, 5) is 29.2. The van der Waals surface area contributed by atoms with Crippen molar-refractivity contribution in [1.29, 1.82) is 0 Å². The molecule has 2 aromatic rings. The number of nitrogens with zero attached hydrogens (tertiary/aromatic N) is 2. The first-order chi connectivity index (χ1) is 17.7. The molecular formula is C30H42N2O4. The first-order valence-electron chi connectivity index (χ1n) is 13.6. The maximum atomic E-state index is 12.7. The van der Waals surface area contributed by atoms with Gasteiger partial charge in [-0.15, -0.1) is 0 Å². The summed E-state index contributed by atoms with van der Waals surface area (Å²) >= 11 is 0. The van der Waals surface area contributed by atoms with Crippen molar-refractivity contribution in [3.8, 4) is 0 Å². The third-order valence-electron chi connectivity index (χ3n) is 6.64. The molecule has 0 spiro atoms. The summed E-state index contributed by atoms with van der Waals surface area (Å²) in [6, 6.07) is 19.7. The van der Waals surface area contributed by atoms with Crippen LogP contribution in [0.25, 0.3) is 0 Å². The molecule has 1 aliphatic heterocycles. The third kappa shape index (κ3) is 10.7. The molecule has 0 atom stereocenters. The average Bonchev–Trinajstić information content (AvgIpc) is 2.91. The minimum atomic E-state index is -0.204. The van der Waals surface area contributed by atoms with E-state index in [2.05, 4.69) is 0 Å². The number of rotatable bonds is 4. The first-order valence-corrected chi connectivity index (χ1v) is 13.6. The standard InChI is InChI=1S/C30H42N2O4/c33-29(35-25-27-17-9-7-10-18-27)31-21-13-3-1-4-14-22-32(24-16-6-2-5-15-23-31)30(34)36-26-28-19-11-8-12-20-28/h7-12,17-20H,1-6,13-16,21-26H2. The quantitative estimate of drug-likeness (QED) is 0.452. The van der Waals surface area contributed by atoms with E-state index >= 15 is 0 Å². The Kier molecular flexibility index (Phi) is 12.7. The number of carbonyl (C=O) groups excluding carboxylic acids is 2. The smallest absolute Gasteiger partial charge is 0.410 e. The Balaban J connectivity index is 1.42. The molecule has 196 valence electrons. The van der Waals surface area contributed by atoms with Crippen LogP contribution in [-0.4, -0.2) is 48.2 Å². The fourth-order valence-electron chi connectivity index (χ4n) is 4.48. The van der Waals surface area contributed by atoms with Gasteiger partial charge in [-0.2, -0.15) is 0 Å². The molecule has 36 heavy (non-hydrogen) atoms. The van der Waals surface area contributed by atoms with Crippen molar-refractivity contribution >= 4 is 12.2 Å². The zero-order valence-electron chi connectivity index (χ0n) is 21.6. The summed E-state index contributed by atoms with van der Waals surface area (Å²) in [7, 11) is 0. The molecular weight excluding hydrogens is 452 g/mol. The van der Waals surface area contributed by atoms with E-state index in [-0.39, 0.29) is 12.2 Å². The second-order valence-corrected chi connectivity index (χ2v) is 9.59. The summed E-state index contributed by atoms with van der Waals surface area (Å²) in [5.74, 6) is 0. The highest BCUT2D eigenvalue weighted by Gasteiger charge is 2.16. The molecule has 0 N–H and O–H groups in total. The van der Waals surface area contributed by atoms with E-state index in [1.165, 1.54) is 0 Å². The van der Waals surface area contributed by atoms with Crippen molar-refractivity contribution in [2.24, 2.45) is 0 Å². The Labute approximate surface area is 216 Å². The van der Waals surface area contributed by atoms with E-state index in [9.17, 15) is 9.59 Å². The van der Waals surface area contributed by atoms with Crippen LogP contribution in [0.4, 0.5) is 9.59 Å². The maximum absolute atomic E-state index is 12.7. The van der Waals surface area contributed by atoms with Crippen LogP contribution in [0, 0.1) is 0 Å². The predicted molar refractivity (Wildman–Crippen MR) is 143 cm³/mol. The molecule has 0 aliphatic carbocycles. The number of ether oxygens (including phenoxy) is 2. The van der Waals surface area contributed by atoms with Gasteiger partial charge in [0.25, 0.3) is 0 Å². The van der Waals surface area contributed by atoms with E-state index in [4.69, 9.17) is 9.47 Å². The molecule has 0 unspecified atom stereocenters. The van der Waals surface area contributed by atoms with E-state index < -0.39 is 0 Å². The van der Waals surface area contributed by atoms with Gasteiger partial charge in [0.05, 0.1) is 0 Å². The van der Waals surface area contributed by atoms with Crippen LogP contribution in [0.15, 0.2) is 60.7 Å². The Bertz CT molecular complexity index is 786. The maximum Gasteiger partial charge on any atom is 0.410 e. The van der Waals surface area contributed by atoms with Crippen LogP contribution in [-0.2, 0) is 22.7 Å². The summed E-state index contributed by atoms with van der Waals surface area (Å²) in [6.07, 6.45) is 9.97. The van der Waals surface area contributed by atoms with Gasteiger partial charge in [-0.1, -0.05) is 99.2 Å². The molecule has 0 bridgehead atoms. The Hall–Kier alpha value is -3.02. The average molecular weight is 495 g/mol. The van der Waals surface area contributed by atoms with E-state index in [0.717, 1.165) is 102 Å². The highest BCUT2D eigenvalue weighted by Crippen LogP contribution is 2.13. The lowest BCUT2D eigenvalue weighted by atomic mass is 10.1. The van der Waals surface area contributed by atoms with Crippen molar-refractivity contribution in [2.75, 3.05) is 26.2 Å². The van der Waals surface area contributed by atoms with Crippen molar-refractivity contribution in [2.45, 2.75) is 77.4 Å². The highest BCUT2D eigenvalue weighted by molar-refractivity contribution is 5.68. The SMILES string of the molecule is O=C(OCc1ccccc1)N1CCCCCCCN(C(=O)OCc2ccccc2)CCCCCCC1. The molecule has 1 aliphatic rings. The second kappa shape index (κ2) is 16.6. The Morgan fingerprint density at radius 1 is 0.500 bits per heavy atom. The molecule has 0 radical (unpaired) electrons. The highest BCUT2D eigenvalue weighted by atomic mass is 16.6. The van der Waals surface area contributed by atoms with Gasteiger partial charge in [-0.3, -0.25) is 0 Å². The van der Waals surface area contributed by atoms with Crippen LogP contribution in [0.2, 0.25) is 0 Å². The van der Waals surface area contributed by atoms with Crippen LogP contribution in [0.1, 0.15) is 75.3 Å². The summed E-state index contributed by atoms with van der Waals surface area (Å²) in [6.45, 7) is 3.61. The van der Waals surface area contributed by atoms with Crippen molar-refractivity contribution < 1.29 is 19.1 Å². The Morgan fingerprint density at radius 3 is 1.14 bits per heavy atom. The molecule has 3 rings (SSSR count). The lowest BCUT2D eigenvalue weighted by Gasteiger charge is -2.24. The molecule has 6 nitrogen and oxygen atoms in total. The van der Waals surface area contributed by atoms with Crippen molar-refractivity contribution in [3.05, 3.63) is 71.8 Å². The summed E-state index contributed by atoms with van der Waals surface area (Å²) < 4.78 is 11.2. The van der Waals surface area contributed by atoms with Crippen LogP contribution < -0.4 is 0 Å². The topological polar surface area (TPSA) is 59.1 Å². The molecule has 1 saturated heterocycles. The number of benzene rings is 2. The monoisotopic (exact) mass is 494 g/mol. The summed E-state index contributed by atoms with van der Waals surface area (Å²) in [5, 5.41) is 0. The van der Waals surface area contributed by atoms with E-state index in [0.29, 0.717) is 13.2 Å². The van der Waals surface area contributed by atoms with Crippen molar-refractivity contribution in [1.82, 2.24) is 9.80 Å². The Morgan fingerprint density at radius 2 is 0.806 bits per heavy atom. The fourth-order valence-corrected chi connectivity index (χ4v) is 4.48. The molecule has 1 fully saturated rings. The van der Waals surface area contributed by atoms with Gasteiger partial charge in [-0.05, 0) is 36.8 Å². The van der Waals surface area contributed by atoms with Crippen LogP contribution in [0.5, 0.6) is 0 Å². The first kappa shape index (κ1) is 27.6. The molecule has 2 amide bonds. The van der Waals surface area contributed by atoms with Crippen LogP contribution in [0.3, 0.4) is 0 Å². The third-order valence-corrected chi connectivity index (χ3v) is 6.64. The zero-order valence-corrected chi connectivity index (χ0v) is 21.6. The van der Waals surface area contributed by atoms with Gasteiger partial charge >= 0.3 is 12.2 Å². The van der Waals surface area contributed by atoms with Crippen LogP contribution >= 0.6 is 0 Å². The predicted octanol–water partition coefficient (Wildman–Crippen LogP) is 7.18. The zero-order chi connectivity index (χ0) is 25.3. The van der Waals surface area contributed by atoms with Gasteiger partial charge in [0, 0.05) is 26.2 Å². The van der Waals surface area contributed by atoms with Crippen molar-refractivity contribution in [3.63, 3.8) is 0 Å². The second-order valence-electron chi connectivity index (χ2n) is 9.59. The number of hydrogen-bond acceptors (Lipinski definition) is 4. The number of amides is 2. The number of carbonyl (C=O) groups is 2. The van der Waals surface area contributed by atoms with Gasteiger partial charge in [0.1, 0.15) is 13.2 Å². The fraction of sp³-hybridized carbons (Fsp3) is 0.533. The largest absolute Gasteiger partial charge is 0.445 e. The lowest BCUT2D eigenvalue weighted by molar-refractivity contribution is 0.0939.